The fourth-order valence-corrected chi connectivity index (χ4v) is 3.09. The molecule has 0 aliphatic rings. The van der Waals surface area contributed by atoms with Crippen LogP contribution in [0.4, 0.5) is 0 Å². The lowest BCUT2D eigenvalue weighted by Crippen LogP contribution is -2.05. The predicted octanol–water partition coefficient (Wildman–Crippen LogP) is 5.28. The molecule has 0 amide bonds. The van der Waals surface area contributed by atoms with E-state index in [1.165, 1.54) is 0 Å². The van der Waals surface area contributed by atoms with Gasteiger partial charge in [0.25, 0.3) is 0 Å². The first-order valence-electron chi connectivity index (χ1n) is 7.44. The second-order valence-corrected chi connectivity index (χ2v) is 6.06. The molecule has 0 aromatic heterocycles. The minimum absolute atomic E-state index is 0.275. The maximum absolute atomic E-state index is 12.5. The summed E-state index contributed by atoms with van der Waals surface area (Å²) in [7, 11) is -3.54. The van der Waals surface area contributed by atoms with Crippen molar-refractivity contribution in [1.29, 1.82) is 0 Å². The summed E-state index contributed by atoms with van der Waals surface area (Å²) < 4.78 is 28.6. The fraction of sp³-hybridized carbons (Fsp3) is 0.500. The van der Waals surface area contributed by atoms with Crippen LogP contribution >= 0.6 is 7.82 Å². The highest BCUT2D eigenvalue weighted by atomic mass is 31.2. The highest BCUT2D eigenvalue weighted by Gasteiger charge is 2.29. The van der Waals surface area contributed by atoms with Gasteiger partial charge in [-0.15, -0.1) is 0 Å². The van der Waals surface area contributed by atoms with Gasteiger partial charge in [-0.3, -0.25) is 13.6 Å². The highest BCUT2D eigenvalue weighted by molar-refractivity contribution is 7.48. The van der Waals surface area contributed by atoms with Gasteiger partial charge in [-0.2, -0.15) is 0 Å². The van der Waals surface area contributed by atoms with Gasteiger partial charge in [0.1, 0.15) is 6.10 Å². The van der Waals surface area contributed by atoms with Crippen LogP contribution in [-0.4, -0.2) is 13.2 Å². The number of phosphoric acid groups is 1. The van der Waals surface area contributed by atoms with Crippen molar-refractivity contribution >= 4 is 7.82 Å². The van der Waals surface area contributed by atoms with Gasteiger partial charge in [-0.05, 0) is 25.8 Å². The van der Waals surface area contributed by atoms with Crippen LogP contribution in [0.25, 0.3) is 0 Å². The first-order valence-corrected chi connectivity index (χ1v) is 8.90. The van der Waals surface area contributed by atoms with E-state index in [2.05, 4.69) is 6.92 Å². The summed E-state index contributed by atoms with van der Waals surface area (Å²) >= 11 is 0. The molecule has 0 saturated carbocycles. The third kappa shape index (κ3) is 6.58. The van der Waals surface area contributed by atoms with E-state index in [9.17, 15) is 4.57 Å². The van der Waals surface area contributed by atoms with E-state index in [4.69, 9.17) is 13.6 Å². The summed E-state index contributed by atoms with van der Waals surface area (Å²) in [6.45, 7) is 6.18. The molecule has 1 aromatic carbocycles. The minimum atomic E-state index is -3.54. The molecule has 0 bridgehead atoms. The molecule has 118 valence electrons. The average Bonchev–Trinajstić information content (AvgIpc) is 2.48. The Balaban J connectivity index is 2.93. The van der Waals surface area contributed by atoms with Gasteiger partial charge in [-0.1, -0.05) is 55.8 Å². The molecule has 4 nitrogen and oxygen atoms in total. The second-order valence-electron chi connectivity index (χ2n) is 4.44. The van der Waals surface area contributed by atoms with Crippen LogP contribution in [0.5, 0.6) is 0 Å². The van der Waals surface area contributed by atoms with E-state index in [0.29, 0.717) is 0 Å². The van der Waals surface area contributed by atoms with E-state index in [1.54, 1.807) is 13.8 Å². The van der Waals surface area contributed by atoms with Gasteiger partial charge in [0.2, 0.25) is 0 Å². The molecule has 0 N–H and O–H groups in total. The standard InChI is InChI=1S/C16H25O4P/c1-4-7-9-14-16(15-12-10-8-11-13-15)20-21(17,18-5-2)19-6-3/h8-14,16H,4-7H2,1-3H3/b14-9+. The Morgan fingerprint density at radius 2 is 1.71 bits per heavy atom. The van der Waals surface area contributed by atoms with Crippen LogP contribution in [0.1, 0.15) is 45.3 Å². The zero-order valence-electron chi connectivity index (χ0n) is 13.0. The monoisotopic (exact) mass is 312 g/mol. The quantitative estimate of drug-likeness (QED) is 0.435. The number of hydrogen-bond acceptors (Lipinski definition) is 4. The SMILES string of the molecule is CCC/C=C/C(OP(=O)(OCC)OCC)c1ccccc1. The predicted molar refractivity (Wildman–Crippen MR) is 85.2 cm³/mol. The lowest BCUT2D eigenvalue weighted by atomic mass is 10.1. The Hall–Kier alpha value is -0.930. The zero-order chi connectivity index (χ0) is 15.6. The van der Waals surface area contributed by atoms with Crippen molar-refractivity contribution < 1.29 is 18.1 Å². The number of unbranched alkanes of at least 4 members (excludes halogenated alkanes) is 1. The maximum atomic E-state index is 12.5. The Labute approximate surface area is 127 Å². The van der Waals surface area contributed by atoms with Gasteiger partial charge in [0, 0.05) is 0 Å². The zero-order valence-corrected chi connectivity index (χ0v) is 13.9. The van der Waals surface area contributed by atoms with Crippen molar-refractivity contribution in [1.82, 2.24) is 0 Å². The van der Waals surface area contributed by atoms with Crippen molar-refractivity contribution in [2.75, 3.05) is 13.2 Å². The molecule has 1 atom stereocenters. The van der Waals surface area contributed by atoms with Crippen molar-refractivity contribution in [3.05, 3.63) is 48.0 Å². The number of phosphoric ester groups is 1. The summed E-state index contributed by atoms with van der Waals surface area (Å²) in [5, 5.41) is 0. The second kappa shape index (κ2) is 9.91. The van der Waals surface area contributed by atoms with E-state index in [0.717, 1.165) is 18.4 Å². The fourth-order valence-electron chi connectivity index (χ4n) is 1.79. The Morgan fingerprint density at radius 1 is 1.10 bits per heavy atom. The number of hydrogen-bond donors (Lipinski definition) is 0. The van der Waals surface area contributed by atoms with E-state index in [1.807, 2.05) is 42.5 Å². The minimum Gasteiger partial charge on any atom is -0.287 e. The van der Waals surface area contributed by atoms with Crippen molar-refractivity contribution in [3.8, 4) is 0 Å². The molecule has 1 aromatic rings. The Bertz CT molecular complexity index is 449. The third-order valence-corrected chi connectivity index (χ3v) is 4.35. The molecule has 0 saturated heterocycles. The smallest absolute Gasteiger partial charge is 0.287 e. The molecule has 5 heteroatoms. The van der Waals surface area contributed by atoms with Crippen LogP contribution in [0, 0.1) is 0 Å². The number of benzene rings is 1. The van der Waals surface area contributed by atoms with Crippen LogP contribution < -0.4 is 0 Å². The van der Waals surface area contributed by atoms with Crippen molar-refractivity contribution in [2.24, 2.45) is 0 Å². The Kier molecular flexibility index (Phi) is 8.55. The summed E-state index contributed by atoms with van der Waals surface area (Å²) in [6.07, 6.45) is 5.48. The van der Waals surface area contributed by atoms with E-state index in [-0.39, 0.29) is 13.2 Å². The molecular formula is C16H25O4P. The van der Waals surface area contributed by atoms with Crippen LogP contribution in [0.15, 0.2) is 42.5 Å². The number of allylic oxidation sites excluding steroid dienone is 1. The summed E-state index contributed by atoms with van der Waals surface area (Å²) in [6, 6.07) is 9.64. The van der Waals surface area contributed by atoms with Crippen LogP contribution in [0.3, 0.4) is 0 Å². The number of rotatable bonds is 10. The lowest BCUT2D eigenvalue weighted by molar-refractivity contribution is 0.101. The molecule has 0 spiro atoms. The third-order valence-electron chi connectivity index (χ3n) is 2.71. The molecule has 0 heterocycles. The molecule has 0 aliphatic carbocycles. The summed E-state index contributed by atoms with van der Waals surface area (Å²) in [5.74, 6) is 0. The van der Waals surface area contributed by atoms with Crippen LogP contribution in [-0.2, 0) is 18.1 Å². The van der Waals surface area contributed by atoms with E-state index < -0.39 is 13.9 Å². The van der Waals surface area contributed by atoms with Gasteiger partial charge in [0.15, 0.2) is 0 Å². The Morgan fingerprint density at radius 3 is 2.24 bits per heavy atom. The van der Waals surface area contributed by atoms with Gasteiger partial charge in [-0.25, -0.2) is 4.57 Å². The summed E-state index contributed by atoms with van der Waals surface area (Å²) in [4.78, 5) is 0. The van der Waals surface area contributed by atoms with Crippen molar-refractivity contribution in [2.45, 2.75) is 39.7 Å². The van der Waals surface area contributed by atoms with Gasteiger partial charge >= 0.3 is 7.82 Å². The van der Waals surface area contributed by atoms with E-state index >= 15 is 0 Å². The average molecular weight is 312 g/mol. The molecule has 0 fully saturated rings. The normalized spacial score (nSPS) is 13.7. The molecular weight excluding hydrogens is 287 g/mol. The van der Waals surface area contributed by atoms with Gasteiger partial charge < -0.3 is 0 Å². The largest absolute Gasteiger partial charge is 0.475 e. The lowest BCUT2D eigenvalue weighted by Gasteiger charge is -2.21. The topological polar surface area (TPSA) is 44.8 Å². The summed E-state index contributed by atoms with van der Waals surface area (Å²) in [5.41, 5.74) is 0.921. The van der Waals surface area contributed by atoms with Gasteiger partial charge in [0.05, 0.1) is 13.2 Å². The molecule has 21 heavy (non-hydrogen) atoms. The van der Waals surface area contributed by atoms with Crippen LogP contribution in [0.2, 0.25) is 0 Å². The van der Waals surface area contributed by atoms with Crippen molar-refractivity contribution in [3.63, 3.8) is 0 Å². The highest BCUT2D eigenvalue weighted by Crippen LogP contribution is 2.53. The molecule has 0 aliphatic heterocycles. The molecule has 1 unspecified atom stereocenters. The first-order chi connectivity index (χ1) is 10.1. The molecule has 1 rings (SSSR count). The first kappa shape index (κ1) is 18.1. The molecule has 0 radical (unpaired) electrons. The maximum Gasteiger partial charge on any atom is 0.475 e.